The molecule has 15 heterocycles. The third-order valence-electron chi connectivity index (χ3n) is 17.3. The second-order valence-corrected chi connectivity index (χ2v) is 30.1. The molecule has 0 spiro atoms. The van der Waals surface area contributed by atoms with E-state index < -0.39 is 157 Å². The van der Waals surface area contributed by atoms with Crippen molar-refractivity contribution in [2.75, 3.05) is 61.7 Å². The molecule has 15 rings (SSSR count). The van der Waals surface area contributed by atoms with Gasteiger partial charge in [-0.3, -0.25) is 59.0 Å². The first-order chi connectivity index (χ1) is 49.2. The molecule has 0 radical (unpaired) electrons. The second-order valence-electron chi connectivity index (χ2n) is 23.7. The third kappa shape index (κ3) is 14.4. The molecule has 19 atom stereocenters. The molecule has 5 saturated heterocycles. The fourth-order valence-corrected chi connectivity index (χ4v) is 16.9. The van der Waals surface area contributed by atoms with Crippen molar-refractivity contribution in [3.8, 4) is 0 Å². The Bertz CT molecular complexity index is 5040. The van der Waals surface area contributed by atoms with Crippen LogP contribution < -0.4 is 28.7 Å². The van der Waals surface area contributed by atoms with Gasteiger partial charge in [-0.25, -0.2) is 93.0 Å². The fraction of sp³-hybridized carbons (Fsp3) is 0.500. The van der Waals surface area contributed by atoms with Crippen LogP contribution in [-0.4, -0.2) is 221 Å². The standard InChI is InChI=1S/C50H60BrN25O23P4/c51-50-71-39-44(56)61-15-66-49(39)76(50)34-5-24(99-103(85,86)89-9-28-22(3-32(94-28)74-18-69-37-42(54)59-13-64-47(37)74)97-100(79,80)87-7-26-20(78)1-30(92-26)72-16-67-35-40(52)57-11-62-45(35)72)29(95-34)10-90-102(83,84)98-23-4-33(75-19-70-38-43(55)60-14-65-48(38)75)93-27(23)8-88-101(81,82)96-21-2-31(91-25(21)6-77)73-17-68-36-41(53)58-12-63-46(36)73/h11-34,77-78H,1-10H2,(H,79,80)(H,81,82)(H,83,84)(H,85,86)(H2,52,57,62)(H2,53,58,63)(H2,54,59,64)(H2,55,60,65)(H2,56,61,66)/t20-,21-,22-,23-,24-,25+,26+,27+,28+,29+,30+,31+,32+,33+,34+/m0/s1. The first-order valence-corrected chi connectivity index (χ1v) is 37.6. The molecule has 48 nitrogen and oxygen atoms in total. The van der Waals surface area contributed by atoms with E-state index in [9.17, 15) is 48.0 Å². The lowest BCUT2D eigenvalue weighted by molar-refractivity contribution is -0.0633. The Morgan fingerprint density at radius 1 is 0.398 bits per heavy atom. The number of hydrogen-bond acceptors (Lipinski definition) is 39. The maximum atomic E-state index is 14.4. The molecule has 10 aromatic heterocycles. The minimum absolute atomic E-state index is 0.00224. The first-order valence-electron chi connectivity index (χ1n) is 30.8. The summed E-state index contributed by atoms with van der Waals surface area (Å²) in [5.41, 5.74) is 32.2. The zero-order valence-electron chi connectivity index (χ0n) is 52.5. The molecule has 103 heavy (non-hydrogen) atoms. The van der Waals surface area contributed by atoms with Crippen LogP contribution in [0.5, 0.6) is 0 Å². The van der Waals surface area contributed by atoms with Gasteiger partial charge in [0.15, 0.2) is 67.6 Å². The summed E-state index contributed by atoms with van der Waals surface area (Å²) < 4.78 is 140. The summed E-state index contributed by atoms with van der Waals surface area (Å²) in [5.74, 6) is 0.161. The zero-order valence-corrected chi connectivity index (χ0v) is 57.7. The number of aliphatic hydroxyl groups is 2. The number of nitrogens with two attached hydrogens (primary N) is 5. The molecule has 0 bridgehead atoms. The van der Waals surface area contributed by atoms with Gasteiger partial charge in [0.05, 0.1) is 64.4 Å². The highest BCUT2D eigenvalue weighted by atomic mass is 79.9. The van der Waals surface area contributed by atoms with Crippen molar-refractivity contribution in [2.45, 2.75) is 124 Å². The molecule has 0 aromatic carbocycles. The highest BCUT2D eigenvalue weighted by Gasteiger charge is 2.50. The number of imidazole rings is 5. The maximum absolute atomic E-state index is 14.4. The van der Waals surface area contributed by atoms with E-state index in [1.54, 1.807) is 0 Å². The van der Waals surface area contributed by atoms with Gasteiger partial charge in [0.1, 0.15) is 140 Å². The summed E-state index contributed by atoms with van der Waals surface area (Å²) >= 11 is 3.38. The molecule has 0 saturated carbocycles. The van der Waals surface area contributed by atoms with Crippen LogP contribution in [-0.2, 0) is 78.1 Å². The van der Waals surface area contributed by atoms with Crippen molar-refractivity contribution < 1.29 is 108 Å². The van der Waals surface area contributed by atoms with Gasteiger partial charge >= 0.3 is 31.3 Å². The molecule has 5 aliphatic heterocycles. The Hall–Kier alpha value is -7.61. The van der Waals surface area contributed by atoms with E-state index in [1.165, 1.54) is 60.8 Å². The lowest BCUT2D eigenvalue weighted by Crippen LogP contribution is -2.32. The van der Waals surface area contributed by atoms with Crippen LogP contribution in [0.1, 0.15) is 63.2 Å². The van der Waals surface area contributed by atoms with Crippen LogP contribution in [0.4, 0.5) is 29.1 Å². The predicted molar refractivity (Wildman–Crippen MR) is 345 cm³/mol. The number of halogens is 1. The SMILES string of the molecule is Nc1ncnc2c1ncn2[C@H]1C[C@H](OP(=O)(O)OC[C@H]2O[C@@H](n3cnc4c(N)ncnc43)C[C@@H]2OP(=O)(O)OC[C@H]2O[C@@H](n3c(Br)nc4c(N)ncnc43)C[C@@H]2OP(=O)(O)OC[C@H]2O[C@@H](n3cnc4c(N)ncnc43)C[C@@H]2OP(=O)(O)OC[C@H]2O[C@@H](n3cnc4c(N)ncnc43)C[C@@H]2O)[C@@H](CO)O1. The van der Waals surface area contributed by atoms with Crippen LogP contribution in [0.25, 0.3) is 55.8 Å². The van der Waals surface area contributed by atoms with Gasteiger partial charge in [0.2, 0.25) is 0 Å². The number of nitrogens with zero attached hydrogens (tertiary/aromatic N) is 20. The maximum Gasteiger partial charge on any atom is 0.472 e. The molecule has 5 fully saturated rings. The van der Waals surface area contributed by atoms with Crippen LogP contribution in [0.3, 0.4) is 0 Å². The Morgan fingerprint density at radius 2 is 0.680 bits per heavy atom. The summed E-state index contributed by atoms with van der Waals surface area (Å²) in [6, 6.07) is 0. The van der Waals surface area contributed by atoms with E-state index in [0.29, 0.717) is 5.65 Å². The second kappa shape index (κ2) is 28.0. The Morgan fingerprint density at radius 3 is 1.04 bits per heavy atom. The van der Waals surface area contributed by atoms with Crippen LogP contribution in [0, 0.1) is 0 Å². The summed E-state index contributed by atoms with van der Waals surface area (Å²) in [6.45, 7) is -4.09. The van der Waals surface area contributed by atoms with Gasteiger partial charge in [-0.05, 0) is 15.9 Å². The molecule has 5 aliphatic rings. The lowest BCUT2D eigenvalue weighted by atomic mass is 10.2. The zero-order chi connectivity index (χ0) is 72.0. The number of rotatable bonds is 26. The van der Waals surface area contributed by atoms with E-state index in [0.717, 1.165) is 19.0 Å². The summed E-state index contributed by atoms with van der Waals surface area (Å²) in [7, 11) is -21.2. The van der Waals surface area contributed by atoms with Gasteiger partial charge in [-0.15, -0.1) is 0 Å². The van der Waals surface area contributed by atoms with Crippen LogP contribution in [0.2, 0.25) is 0 Å². The topological polar surface area (TPSA) is 658 Å². The van der Waals surface area contributed by atoms with Gasteiger partial charge in [0, 0.05) is 32.1 Å². The summed E-state index contributed by atoms with van der Waals surface area (Å²) in [5, 5.41) is 21.3. The Labute approximate surface area is 583 Å². The number of aliphatic hydroxyl groups excluding tert-OH is 2. The highest BCUT2D eigenvalue weighted by Crippen LogP contribution is 2.56. The van der Waals surface area contributed by atoms with Crippen molar-refractivity contribution in [1.29, 1.82) is 0 Å². The smallest absolute Gasteiger partial charge is 0.394 e. The summed E-state index contributed by atoms with van der Waals surface area (Å²) in [4.78, 5) is 108. The number of nitrogen functional groups attached to an aromatic ring is 5. The average Bonchev–Trinajstić information content (AvgIpc) is 1.64. The van der Waals surface area contributed by atoms with E-state index in [4.69, 9.17) is 88.5 Å². The lowest BCUT2D eigenvalue weighted by Gasteiger charge is -2.25. The quantitative estimate of drug-likeness (QED) is 0.0262. The van der Waals surface area contributed by atoms with Crippen LogP contribution >= 0.6 is 47.2 Å². The number of phosphoric ester groups is 4. The molecule has 16 N–H and O–H groups in total. The monoisotopic (exact) mass is 1580 g/mol. The summed E-state index contributed by atoms with van der Waals surface area (Å²) in [6.07, 6.45) is -9.36. The number of fused-ring (bicyclic) bond motifs is 5. The Kier molecular flexibility index (Phi) is 19.3. The van der Waals surface area contributed by atoms with Gasteiger partial charge < -0.3 is 82.1 Å². The molecule has 10 aromatic rings. The van der Waals surface area contributed by atoms with Crippen molar-refractivity contribution in [2.24, 2.45) is 0 Å². The van der Waals surface area contributed by atoms with Crippen molar-refractivity contribution >= 4 is 132 Å². The minimum Gasteiger partial charge on any atom is -0.394 e. The molecule has 4 unspecified atom stereocenters. The van der Waals surface area contributed by atoms with Crippen LogP contribution in [0.15, 0.2) is 61.7 Å². The molecular weight excluding hydrogens is 1520 g/mol. The number of aromatic nitrogens is 20. The van der Waals surface area contributed by atoms with Gasteiger partial charge in [0.25, 0.3) is 0 Å². The van der Waals surface area contributed by atoms with Gasteiger partial charge in [-0.1, -0.05) is 0 Å². The molecule has 550 valence electrons. The van der Waals surface area contributed by atoms with Crippen molar-refractivity contribution in [1.82, 2.24) is 97.6 Å². The molecular formula is C50H60BrN25O23P4. The fourth-order valence-electron chi connectivity index (χ4n) is 12.5. The van der Waals surface area contributed by atoms with E-state index in [-0.39, 0.29) is 116 Å². The van der Waals surface area contributed by atoms with Crippen molar-refractivity contribution in [3.05, 3.63) is 61.7 Å². The highest BCUT2D eigenvalue weighted by molar-refractivity contribution is 9.10. The molecule has 0 aliphatic carbocycles. The largest absolute Gasteiger partial charge is 0.472 e. The van der Waals surface area contributed by atoms with E-state index >= 15 is 0 Å². The third-order valence-corrected chi connectivity index (χ3v) is 21.9. The van der Waals surface area contributed by atoms with E-state index in [2.05, 4.69) is 90.7 Å². The van der Waals surface area contributed by atoms with Crippen molar-refractivity contribution in [3.63, 3.8) is 0 Å². The van der Waals surface area contributed by atoms with E-state index in [1.807, 2.05) is 0 Å². The number of phosphoric acid groups is 4. The number of ether oxygens (including phenoxy) is 5. The predicted octanol–water partition coefficient (Wildman–Crippen LogP) is 0.659. The molecule has 0 amide bonds. The number of anilines is 5. The Balaban J connectivity index is 0.642. The molecule has 53 heteroatoms. The number of hydrogen-bond donors (Lipinski definition) is 11. The average molecular weight is 1580 g/mol. The normalized spacial score (nSPS) is 29.2. The minimum atomic E-state index is -5.44. The van der Waals surface area contributed by atoms with Gasteiger partial charge in [-0.2, -0.15) is 0 Å². The first kappa shape index (κ1) is 71.0.